The van der Waals surface area contributed by atoms with Gasteiger partial charge in [0.15, 0.2) is 5.13 Å². The van der Waals surface area contributed by atoms with Gasteiger partial charge in [0, 0.05) is 32.2 Å². The van der Waals surface area contributed by atoms with Crippen molar-refractivity contribution < 1.29 is 4.79 Å². The Morgan fingerprint density at radius 1 is 1.47 bits per heavy atom. The van der Waals surface area contributed by atoms with Crippen molar-refractivity contribution in [1.82, 2.24) is 9.88 Å². The second-order valence-electron chi connectivity index (χ2n) is 5.35. The molecule has 1 aromatic rings. The summed E-state index contributed by atoms with van der Waals surface area (Å²) in [7, 11) is 1.84. The minimum Gasteiger partial charge on any atom is -0.382 e. The third kappa shape index (κ3) is 2.40. The lowest BCUT2D eigenvalue weighted by molar-refractivity contribution is 0.0790. The van der Waals surface area contributed by atoms with Gasteiger partial charge in [-0.1, -0.05) is 11.3 Å². The lowest BCUT2D eigenvalue weighted by Gasteiger charge is -2.15. The highest BCUT2D eigenvalue weighted by molar-refractivity contribution is 7.18. The Bertz CT molecular complexity index is 498. The molecule has 1 amide bonds. The third-order valence-electron chi connectivity index (χ3n) is 3.75. The number of carbonyl (C=O) groups is 1. The van der Waals surface area contributed by atoms with Crippen LogP contribution in [0.25, 0.3) is 0 Å². The van der Waals surface area contributed by atoms with E-state index >= 15 is 0 Å². The number of anilines is 2. The van der Waals surface area contributed by atoms with Crippen LogP contribution in [0.3, 0.4) is 0 Å². The maximum Gasteiger partial charge on any atom is 0.267 e. The van der Waals surface area contributed by atoms with Gasteiger partial charge in [-0.2, -0.15) is 0 Å². The monoisotopic (exact) mass is 281 g/mol. The van der Waals surface area contributed by atoms with Crippen LogP contribution in [0.5, 0.6) is 0 Å². The van der Waals surface area contributed by atoms with Crippen LogP contribution < -0.4 is 16.4 Å². The first-order chi connectivity index (χ1) is 9.06. The molecule has 1 unspecified atom stereocenters. The normalized spacial score (nSPS) is 22.8. The minimum absolute atomic E-state index is 0.00718. The Labute approximate surface area is 116 Å². The van der Waals surface area contributed by atoms with Crippen molar-refractivity contribution in [3.05, 3.63) is 4.88 Å². The summed E-state index contributed by atoms with van der Waals surface area (Å²) in [5.74, 6) is 0.338. The van der Waals surface area contributed by atoms with Crippen LogP contribution in [-0.4, -0.2) is 48.0 Å². The van der Waals surface area contributed by atoms with Crippen molar-refractivity contribution in [3.63, 3.8) is 0 Å². The fourth-order valence-electron chi connectivity index (χ4n) is 2.36. The van der Waals surface area contributed by atoms with Gasteiger partial charge in [-0.25, -0.2) is 4.98 Å². The van der Waals surface area contributed by atoms with Crippen LogP contribution in [0.2, 0.25) is 0 Å². The first-order valence-corrected chi connectivity index (χ1v) is 7.42. The highest BCUT2D eigenvalue weighted by Crippen LogP contribution is 2.33. The number of nitrogens with two attached hydrogens (primary N) is 2. The molecule has 2 heterocycles. The highest BCUT2D eigenvalue weighted by atomic mass is 32.1. The van der Waals surface area contributed by atoms with Crippen molar-refractivity contribution in [1.29, 1.82) is 0 Å². The summed E-state index contributed by atoms with van der Waals surface area (Å²) in [6, 6.07) is 0.580. The van der Waals surface area contributed by atoms with E-state index in [1.165, 1.54) is 11.3 Å². The number of thiazole rings is 1. The molecule has 3 rings (SSSR count). The molecule has 1 atom stereocenters. The molecule has 19 heavy (non-hydrogen) atoms. The van der Waals surface area contributed by atoms with Gasteiger partial charge >= 0.3 is 0 Å². The van der Waals surface area contributed by atoms with E-state index in [1.54, 1.807) is 4.90 Å². The van der Waals surface area contributed by atoms with E-state index in [2.05, 4.69) is 9.88 Å². The molecule has 1 saturated heterocycles. The SMILES string of the molecule is CN(C(=O)c1sc(N2CCC(N)C2)nc1N)C1CC1. The van der Waals surface area contributed by atoms with Crippen LogP contribution in [-0.2, 0) is 0 Å². The Balaban J connectivity index is 1.78. The highest BCUT2D eigenvalue weighted by Gasteiger charge is 2.33. The van der Waals surface area contributed by atoms with Gasteiger partial charge in [0.1, 0.15) is 10.7 Å². The van der Waals surface area contributed by atoms with Gasteiger partial charge in [0.25, 0.3) is 5.91 Å². The molecule has 2 aliphatic rings. The number of aromatic nitrogens is 1. The third-order valence-corrected chi connectivity index (χ3v) is 4.87. The largest absolute Gasteiger partial charge is 0.382 e. The van der Waals surface area contributed by atoms with Crippen LogP contribution in [0, 0.1) is 0 Å². The molecule has 7 heteroatoms. The Hall–Kier alpha value is -1.34. The van der Waals surface area contributed by atoms with E-state index in [1.807, 2.05) is 7.05 Å². The Morgan fingerprint density at radius 3 is 2.79 bits per heavy atom. The smallest absolute Gasteiger partial charge is 0.267 e. The maximum absolute atomic E-state index is 12.3. The zero-order chi connectivity index (χ0) is 13.6. The molecule has 1 aliphatic carbocycles. The topological polar surface area (TPSA) is 88.5 Å². The zero-order valence-electron chi connectivity index (χ0n) is 11.0. The van der Waals surface area contributed by atoms with Gasteiger partial charge in [0.2, 0.25) is 0 Å². The lowest BCUT2D eigenvalue weighted by Crippen LogP contribution is -2.28. The second kappa shape index (κ2) is 4.64. The molecule has 1 saturated carbocycles. The summed E-state index contributed by atoms with van der Waals surface area (Å²) < 4.78 is 0. The summed E-state index contributed by atoms with van der Waals surface area (Å²) in [6.07, 6.45) is 3.15. The number of nitrogen functional groups attached to an aromatic ring is 1. The predicted molar refractivity (Wildman–Crippen MR) is 76.4 cm³/mol. The predicted octanol–water partition coefficient (Wildman–Crippen LogP) is 0.497. The molecule has 104 valence electrons. The van der Waals surface area contributed by atoms with Crippen molar-refractivity contribution >= 4 is 28.2 Å². The van der Waals surface area contributed by atoms with Crippen LogP contribution in [0.1, 0.15) is 28.9 Å². The molecule has 1 aliphatic heterocycles. The van der Waals surface area contributed by atoms with Gasteiger partial charge in [-0.3, -0.25) is 4.79 Å². The molecule has 2 fully saturated rings. The van der Waals surface area contributed by atoms with Gasteiger partial charge < -0.3 is 21.3 Å². The van der Waals surface area contributed by atoms with E-state index in [9.17, 15) is 4.79 Å². The van der Waals surface area contributed by atoms with Gasteiger partial charge in [-0.15, -0.1) is 0 Å². The first-order valence-electron chi connectivity index (χ1n) is 6.60. The molecule has 6 nitrogen and oxygen atoms in total. The average molecular weight is 281 g/mol. The number of hydrogen-bond acceptors (Lipinski definition) is 6. The summed E-state index contributed by atoms with van der Waals surface area (Å²) in [6.45, 7) is 1.68. The number of rotatable bonds is 3. The molecular formula is C12H19N5OS. The van der Waals surface area contributed by atoms with Crippen molar-refractivity contribution in [3.8, 4) is 0 Å². The maximum atomic E-state index is 12.3. The van der Waals surface area contributed by atoms with Crippen LogP contribution in [0.4, 0.5) is 10.9 Å². The van der Waals surface area contributed by atoms with Crippen molar-refractivity contribution in [2.75, 3.05) is 30.8 Å². The lowest BCUT2D eigenvalue weighted by atomic mass is 10.3. The van der Waals surface area contributed by atoms with Crippen molar-refractivity contribution in [2.24, 2.45) is 5.73 Å². The van der Waals surface area contributed by atoms with E-state index < -0.39 is 0 Å². The standard InChI is InChI=1S/C12H19N5OS/c1-16(8-2-3-8)11(18)9-10(14)15-12(19-9)17-5-4-7(13)6-17/h7-8H,2-6,13-14H2,1H3. The fraction of sp³-hybridized carbons (Fsp3) is 0.667. The average Bonchev–Trinajstić information content (AvgIpc) is 3.04. The fourth-order valence-corrected chi connectivity index (χ4v) is 3.36. The number of amides is 1. The van der Waals surface area contributed by atoms with Crippen LogP contribution in [0.15, 0.2) is 0 Å². The Morgan fingerprint density at radius 2 is 2.21 bits per heavy atom. The first kappa shape index (κ1) is 12.7. The summed E-state index contributed by atoms with van der Waals surface area (Å²) >= 11 is 1.38. The zero-order valence-corrected chi connectivity index (χ0v) is 11.8. The molecular weight excluding hydrogens is 262 g/mol. The van der Waals surface area contributed by atoms with E-state index in [0.717, 1.165) is 37.5 Å². The van der Waals surface area contributed by atoms with E-state index in [0.29, 0.717) is 16.7 Å². The molecule has 0 radical (unpaired) electrons. The molecule has 0 bridgehead atoms. The quantitative estimate of drug-likeness (QED) is 0.842. The van der Waals surface area contributed by atoms with Crippen molar-refractivity contribution in [2.45, 2.75) is 31.3 Å². The molecule has 0 aromatic carbocycles. The molecule has 0 spiro atoms. The number of hydrogen-bond donors (Lipinski definition) is 2. The summed E-state index contributed by atoms with van der Waals surface area (Å²) in [5.41, 5.74) is 11.8. The van der Waals surface area contributed by atoms with E-state index in [-0.39, 0.29) is 11.9 Å². The molecule has 1 aromatic heterocycles. The van der Waals surface area contributed by atoms with Gasteiger partial charge in [0.05, 0.1) is 0 Å². The number of nitrogens with zero attached hydrogens (tertiary/aromatic N) is 3. The minimum atomic E-state index is -0.00718. The molecule has 4 N–H and O–H groups in total. The Kier molecular flexibility index (Phi) is 3.10. The summed E-state index contributed by atoms with van der Waals surface area (Å²) in [5, 5.41) is 0.818. The summed E-state index contributed by atoms with van der Waals surface area (Å²) in [4.78, 5) is 21.1. The number of carbonyl (C=O) groups excluding carboxylic acids is 1. The second-order valence-corrected chi connectivity index (χ2v) is 6.33. The van der Waals surface area contributed by atoms with Crippen LogP contribution >= 0.6 is 11.3 Å². The van der Waals surface area contributed by atoms with E-state index in [4.69, 9.17) is 11.5 Å². The van der Waals surface area contributed by atoms with Gasteiger partial charge in [-0.05, 0) is 19.3 Å².